The highest BCUT2D eigenvalue weighted by molar-refractivity contribution is 5.92. The van der Waals surface area contributed by atoms with Gasteiger partial charge < -0.3 is 10.6 Å². The van der Waals surface area contributed by atoms with Crippen LogP contribution in [-0.4, -0.2) is 19.0 Å². The lowest BCUT2D eigenvalue weighted by Crippen LogP contribution is -2.37. The molecule has 92 valence electrons. The Balaban J connectivity index is 1.92. The lowest BCUT2D eigenvalue weighted by Gasteiger charge is -2.21. The van der Waals surface area contributed by atoms with Crippen molar-refractivity contribution in [3.8, 4) is 0 Å². The predicted molar refractivity (Wildman–Crippen MR) is 70.0 cm³/mol. The summed E-state index contributed by atoms with van der Waals surface area (Å²) in [6.07, 6.45) is 3.11. The third kappa shape index (κ3) is 3.30. The smallest absolute Gasteiger partial charge is 0.228 e. The van der Waals surface area contributed by atoms with Crippen LogP contribution in [0.4, 0.5) is 5.69 Å². The molecule has 0 aromatic heterocycles. The molecule has 0 saturated carbocycles. The Kier molecular flexibility index (Phi) is 4.15. The molecule has 0 aliphatic carbocycles. The lowest BCUT2D eigenvalue weighted by atomic mass is 9.99. The quantitative estimate of drug-likeness (QED) is 0.838. The van der Waals surface area contributed by atoms with Crippen LogP contribution >= 0.6 is 0 Å². The fraction of sp³-hybridized carbons (Fsp3) is 0.500. The number of rotatable bonds is 3. The Labute approximate surface area is 103 Å². The highest BCUT2D eigenvalue weighted by atomic mass is 16.1. The van der Waals surface area contributed by atoms with E-state index in [4.69, 9.17) is 0 Å². The zero-order valence-corrected chi connectivity index (χ0v) is 10.3. The molecule has 3 heteroatoms. The summed E-state index contributed by atoms with van der Waals surface area (Å²) in [5, 5.41) is 6.24. The normalized spacial score (nSPS) is 19.9. The van der Waals surface area contributed by atoms with Crippen molar-refractivity contribution in [2.75, 3.05) is 18.4 Å². The van der Waals surface area contributed by atoms with E-state index >= 15 is 0 Å². The van der Waals surface area contributed by atoms with Gasteiger partial charge in [-0.15, -0.1) is 0 Å². The predicted octanol–water partition coefficient (Wildman–Crippen LogP) is 2.19. The van der Waals surface area contributed by atoms with E-state index < -0.39 is 0 Å². The molecule has 0 spiro atoms. The number of nitrogens with one attached hydrogen (secondary N) is 2. The molecule has 1 atom stereocenters. The van der Waals surface area contributed by atoms with Crippen molar-refractivity contribution < 1.29 is 4.79 Å². The molecular formula is C14H20N2O. The first-order valence-corrected chi connectivity index (χ1v) is 6.40. The second-order valence-electron chi connectivity index (χ2n) is 4.58. The minimum atomic E-state index is 0.120. The van der Waals surface area contributed by atoms with Gasteiger partial charge in [-0.05, 0) is 43.5 Å². The van der Waals surface area contributed by atoms with E-state index in [1.165, 1.54) is 5.56 Å². The van der Waals surface area contributed by atoms with Crippen molar-refractivity contribution >= 4 is 11.6 Å². The van der Waals surface area contributed by atoms with Gasteiger partial charge in [0.25, 0.3) is 0 Å². The first kappa shape index (κ1) is 12.1. The molecule has 3 nitrogen and oxygen atoms in total. The van der Waals surface area contributed by atoms with E-state index in [-0.39, 0.29) is 11.8 Å². The van der Waals surface area contributed by atoms with Crippen LogP contribution in [-0.2, 0) is 11.2 Å². The van der Waals surface area contributed by atoms with Gasteiger partial charge in [-0.25, -0.2) is 0 Å². The Bertz CT molecular complexity index is 366. The van der Waals surface area contributed by atoms with Gasteiger partial charge in [0, 0.05) is 12.2 Å². The Morgan fingerprint density at radius 1 is 1.41 bits per heavy atom. The number of piperidine rings is 1. The molecule has 17 heavy (non-hydrogen) atoms. The van der Waals surface area contributed by atoms with E-state index in [0.29, 0.717) is 0 Å². The van der Waals surface area contributed by atoms with Crippen LogP contribution in [0.3, 0.4) is 0 Å². The first-order chi connectivity index (χ1) is 8.29. The molecule has 0 radical (unpaired) electrons. The number of anilines is 1. The van der Waals surface area contributed by atoms with Crippen molar-refractivity contribution in [3.63, 3.8) is 0 Å². The summed E-state index contributed by atoms with van der Waals surface area (Å²) in [6, 6.07) is 8.09. The number of hydrogen-bond donors (Lipinski definition) is 2. The average molecular weight is 232 g/mol. The van der Waals surface area contributed by atoms with Crippen molar-refractivity contribution in [3.05, 3.63) is 29.8 Å². The molecule has 2 rings (SSSR count). The maximum atomic E-state index is 12.0. The van der Waals surface area contributed by atoms with Gasteiger partial charge in [0.2, 0.25) is 5.91 Å². The number of hydrogen-bond acceptors (Lipinski definition) is 2. The molecule has 1 aliphatic heterocycles. The van der Waals surface area contributed by atoms with Gasteiger partial charge in [0.05, 0.1) is 5.92 Å². The van der Waals surface area contributed by atoms with Crippen LogP contribution in [0.15, 0.2) is 24.3 Å². The lowest BCUT2D eigenvalue weighted by molar-refractivity contribution is -0.120. The second kappa shape index (κ2) is 5.82. The van der Waals surface area contributed by atoms with Crippen LogP contribution in [0.5, 0.6) is 0 Å². The SMILES string of the molecule is CCc1ccc(NC(=O)[C@H]2CCCNC2)cc1. The van der Waals surface area contributed by atoms with Crippen molar-refractivity contribution in [1.29, 1.82) is 0 Å². The van der Waals surface area contributed by atoms with Crippen LogP contribution < -0.4 is 10.6 Å². The summed E-state index contributed by atoms with van der Waals surface area (Å²) in [4.78, 5) is 12.0. The summed E-state index contributed by atoms with van der Waals surface area (Å²) < 4.78 is 0. The standard InChI is InChI=1S/C14H20N2O/c1-2-11-5-7-13(8-6-11)16-14(17)12-4-3-9-15-10-12/h5-8,12,15H,2-4,9-10H2,1H3,(H,16,17)/t12-/m0/s1. The Morgan fingerprint density at radius 2 is 2.18 bits per heavy atom. The summed E-state index contributed by atoms with van der Waals surface area (Å²) in [5.74, 6) is 0.260. The van der Waals surface area contributed by atoms with E-state index in [9.17, 15) is 4.79 Å². The zero-order valence-electron chi connectivity index (χ0n) is 10.3. The van der Waals surface area contributed by atoms with Gasteiger partial charge in [-0.1, -0.05) is 19.1 Å². The highest BCUT2D eigenvalue weighted by Crippen LogP contribution is 2.15. The minimum absolute atomic E-state index is 0.120. The average Bonchev–Trinajstić information content (AvgIpc) is 2.40. The van der Waals surface area contributed by atoms with Gasteiger partial charge in [-0.2, -0.15) is 0 Å². The van der Waals surface area contributed by atoms with Gasteiger partial charge in [-0.3, -0.25) is 4.79 Å². The van der Waals surface area contributed by atoms with E-state index in [1.807, 2.05) is 12.1 Å². The number of amides is 1. The van der Waals surface area contributed by atoms with Crippen LogP contribution in [0.25, 0.3) is 0 Å². The van der Waals surface area contributed by atoms with Crippen molar-refractivity contribution in [1.82, 2.24) is 5.32 Å². The molecule has 1 amide bonds. The van der Waals surface area contributed by atoms with E-state index in [0.717, 1.165) is 38.0 Å². The van der Waals surface area contributed by atoms with Gasteiger partial charge in [0.1, 0.15) is 0 Å². The van der Waals surface area contributed by atoms with Crippen LogP contribution in [0, 0.1) is 5.92 Å². The van der Waals surface area contributed by atoms with Crippen molar-refractivity contribution in [2.45, 2.75) is 26.2 Å². The van der Waals surface area contributed by atoms with Gasteiger partial charge in [0.15, 0.2) is 0 Å². The van der Waals surface area contributed by atoms with E-state index in [2.05, 4.69) is 29.7 Å². The summed E-state index contributed by atoms with van der Waals surface area (Å²) >= 11 is 0. The summed E-state index contributed by atoms with van der Waals surface area (Å²) in [5.41, 5.74) is 2.19. The minimum Gasteiger partial charge on any atom is -0.326 e. The molecule has 1 aromatic carbocycles. The Morgan fingerprint density at radius 3 is 2.76 bits per heavy atom. The largest absolute Gasteiger partial charge is 0.326 e. The molecule has 0 unspecified atom stereocenters. The molecule has 1 fully saturated rings. The summed E-state index contributed by atoms with van der Waals surface area (Å²) in [6.45, 7) is 3.97. The Hall–Kier alpha value is -1.35. The van der Waals surface area contributed by atoms with Crippen molar-refractivity contribution in [2.24, 2.45) is 5.92 Å². The fourth-order valence-corrected chi connectivity index (χ4v) is 2.14. The molecule has 1 saturated heterocycles. The molecular weight excluding hydrogens is 212 g/mol. The monoisotopic (exact) mass is 232 g/mol. The fourth-order valence-electron chi connectivity index (χ4n) is 2.14. The van der Waals surface area contributed by atoms with Crippen LogP contribution in [0.1, 0.15) is 25.3 Å². The third-order valence-electron chi connectivity index (χ3n) is 3.30. The molecule has 0 bridgehead atoms. The summed E-state index contributed by atoms with van der Waals surface area (Å²) in [7, 11) is 0. The molecule has 1 heterocycles. The topological polar surface area (TPSA) is 41.1 Å². The number of aryl methyl sites for hydroxylation is 1. The third-order valence-corrected chi connectivity index (χ3v) is 3.30. The highest BCUT2D eigenvalue weighted by Gasteiger charge is 2.20. The number of carbonyl (C=O) groups excluding carboxylic acids is 1. The zero-order chi connectivity index (χ0) is 12.1. The molecule has 1 aliphatic rings. The molecule has 2 N–H and O–H groups in total. The van der Waals surface area contributed by atoms with E-state index in [1.54, 1.807) is 0 Å². The van der Waals surface area contributed by atoms with Crippen LogP contribution in [0.2, 0.25) is 0 Å². The maximum absolute atomic E-state index is 12.0. The second-order valence-corrected chi connectivity index (χ2v) is 4.58. The first-order valence-electron chi connectivity index (χ1n) is 6.40. The maximum Gasteiger partial charge on any atom is 0.228 e. The number of carbonyl (C=O) groups is 1. The molecule has 1 aromatic rings. The van der Waals surface area contributed by atoms with Gasteiger partial charge >= 0.3 is 0 Å². The number of benzene rings is 1.